The Bertz CT molecular complexity index is 1010. The van der Waals surface area contributed by atoms with E-state index in [2.05, 4.69) is 20.0 Å². The zero-order valence-electron chi connectivity index (χ0n) is 15.3. The van der Waals surface area contributed by atoms with Gasteiger partial charge in [0.25, 0.3) is 0 Å². The van der Waals surface area contributed by atoms with E-state index in [9.17, 15) is 13.2 Å². The third-order valence-electron chi connectivity index (χ3n) is 4.02. The second kappa shape index (κ2) is 9.05. The van der Waals surface area contributed by atoms with Crippen LogP contribution in [0.1, 0.15) is 11.3 Å². The van der Waals surface area contributed by atoms with Crippen molar-refractivity contribution in [2.24, 2.45) is 0 Å². The smallest absolute Gasteiger partial charge is 0.387 e. The summed E-state index contributed by atoms with van der Waals surface area (Å²) in [6.07, 6.45) is 5.82. The Morgan fingerprint density at radius 2 is 1.97 bits per heavy atom. The van der Waals surface area contributed by atoms with Crippen LogP contribution in [-0.2, 0) is 6.54 Å². The Morgan fingerprint density at radius 3 is 2.69 bits per heavy atom. The van der Waals surface area contributed by atoms with Crippen molar-refractivity contribution in [3.8, 4) is 22.6 Å². The molecule has 0 aliphatic heterocycles. The number of ether oxygens (including phenoxy) is 2. The molecule has 3 aromatic rings. The van der Waals surface area contributed by atoms with Crippen molar-refractivity contribution >= 4 is 11.9 Å². The van der Waals surface area contributed by atoms with Crippen molar-refractivity contribution in [1.29, 1.82) is 5.41 Å². The largest absolute Gasteiger partial charge is 0.495 e. The molecule has 0 amide bonds. The van der Waals surface area contributed by atoms with Crippen molar-refractivity contribution in [3.05, 3.63) is 66.0 Å². The molecular formula is C20H17F3N4O2. The third kappa shape index (κ3) is 5.01. The molecule has 0 atom stereocenters. The summed E-state index contributed by atoms with van der Waals surface area (Å²) >= 11 is 0. The van der Waals surface area contributed by atoms with Crippen LogP contribution < -0.4 is 14.8 Å². The lowest BCUT2D eigenvalue weighted by Gasteiger charge is -2.12. The SMILES string of the molecule is COc1cncc(CNc2cc(-c3ccc(F)c(OC(F)F)c3)cnc2C=N)c1. The van der Waals surface area contributed by atoms with Crippen LogP contribution in [-0.4, -0.2) is 29.9 Å². The topological polar surface area (TPSA) is 80.1 Å². The molecule has 0 fully saturated rings. The Labute approximate surface area is 164 Å². The summed E-state index contributed by atoms with van der Waals surface area (Å²) in [6.45, 7) is -2.74. The predicted molar refractivity (Wildman–Crippen MR) is 102 cm³/mol. The summed E-state index contributed by atoms with van der Waals surface area (Å²) in [4.78, 5) is 8.28. The zero-order valence-corrected chi connectivity index (χ0v) is 15.3. The van der Waals surface area contributed by atoms with E-state index in [4.69, 9.17) is 10.1 Å². The average molecular weight is 402 g/mol. The minimum absolute atomic E-state index is 0.385. The number of aromatic nitrogens is 2. The van der Waals surface area contributed by atoms with Gasteiger partial charge in [0.1, 0.15) is 11.4 Å². The fourth-order valence-corrected chi connectivity index (χ4v) is 2.63. The standard InChI is InChI=1S/C20H17F3N4O2/c1-28-15-4-12(8-25-11-15)9-26-17-5-14(10-27-18(17)7-24)13-2-3-16(21)19(6-13)29-20(22)23/h2-8,10-11,20,24,26H,9H2,1H3. The number of alkyl halides is 2. The molecule has 0 radical (unpaired) electrons. The molecule has 6 nitrogen and oxygen atoms in total. The maximum Gasteiger partial charge on any atom is 0.387 e. The molecule has 0 unspecified atom stereocenters. The molecule has 0 bridgehead atoms. The number of hydrogen-bond acceptors (Lipinski definition) is 6. The van der Waals surface area contributed by atoms with Crippen molar-refractivity contribution in [3.63, 3.8) is 0 Å². The Kier molecular flexibility index (Phi) is 6.28. The molecule has 9 heteroatoms. The van der Waals surface area contributed by atoms with Crippen molar-refractivity contribution in [2.75, 3.05) is 12.4 Å². The first-order valence-electron chi connectivity index (χ1n) is 8.47. The maximum atomic E-state index is 13.7. The van der Waals surface area contributed by atoms with E-state index >= 15 is 0 Å². The molecule has 29 heavy (non-hydrogen) atoms. The second-order valence-electron chi connectivity index (χ2n) is 5.91. The van der Waals surface area contributed by atoms with Crippen LogP contribution in [0.25, 0.3) is 11.1 Å². The first-order valence-corrected chi connectivity index (χ1v) is 8.47. The normalized spacial score (nSPS) is 10.7. The van der Waals surface area contributed by atoms with E-state index in [-0.39, 0.29) is 0 Å². The summed E-state index contributed by atoms with van der Waals surface area (Å²) in [6, 6.07) is 7.17. The number of nitrogens with one attached hydrogen (secondary N) is 2. The molecule has 2 heterocycles. The monoisotopic (exact) mass is 402 g/mol. The molecule has 2 N–H and O–H groups in total. The second-order valence-corrected chi connectivity index (χ2v) is 5.91. The quantitative estimate of drug-likeness (QED) is 0.542. The molecule has 0 aliphatic rings. The number of nitrogens with zero attached hydrogens (tertiary/aromatic N) is 2. The van der Waals surface area contributed by atoms with Crippen LogP contribution in [0.2, 0.25) is 0 Å². The molecule has 0 aliphatic carbocycles. The number of pyridine rings is 2. The van der Waals surface area contributed by atoms with Crippen LogP contribution in [0.4, 0.5) is 18.9 Å². The molecule has 0 saturated heterocycles. The zero-order chi connectivity index (χ0) is 20.8. The molecule has 3 rings (SSSR count). The predicted octanol–water partition coefficient (Wildman–Crippen LogP) is 4.50. The highest BCUT2D eigenvalue weighted by atomic mass is 19.3. The molecule has 2 aromatic heterocycles. The molecule has 0 spiro atoms. The van der Waals surface area contributed by atoms with Gasteiger partial charge in [-0.1, -0.05) is 6.07 Å². The van der Waals surface area contributed by atoms with Crippen LogP contribution in [0.15, 0.2) is 48.9 Å². The number of benzene rings is 1. The lowest BCUT2D eigenvalue weighted by atomic mass is 10.1. The molecule has 150 valence electrons. The van der Waals surface area contributed by atoms with Gasteiger partial charge in [-0.25, -0.2) is 4.39 Å². The van der Waals surface area contributed by atoms with Crippen LogP contribution in [0.5, 0.6) is 11.5 Å². The summed E-state index contributed by atoms with van der Waals surface area (Å²) in [5.74, 6) is -0.825. The fourth-order valence-electron chi connectivity index (χ4n) is 2.63. The minimum atomic E-state index is -3.13. The minimum Gasteiger partial charge on any atom is -0.495 e. The highest BCUT2D eigenvalue weighted by Crippen LogP contribution is 2.29. The van der Waals surface area contributed by atoms with Crippen molar-refractivity contribution in [2.45, 2.75) is 13.2 Å². The van der Waals surface area contributed by atoms with E-state index in [1.807, 2.05) is 6.07 Å². The van der Waals surface area contributed by atoms with Gasteiger partial charge in [-0.15, -0.1) is 0 Å². The Morgan fingerprint density at radius 1 is 1.14 bits per heavy atom. The summed E-state index contributed by atoms with van der Waals surface area (Å²) in [5.41, 5.74) is 2.76. The van der Waals surface area contributed by atoms with Gasteiger partial charge in [-0.05, 0) is 35.4 Å². The molecular weight excluding hydrogens is 385 g/mol. The Hall–Kier alpha value is -3.62. The summed E-state index contributed by atoms with van der Waals surface area (Å²) in [5, 5.41) is 10.7. The van der Waals surface area contributed by atoms with E-state index in [0.29, 0.717) is 34.8 Å². The van der Waals surface area contributed by atoms with Crippen molar-refractivity contribution in [1.82, 2.24) is 9.97 Å². The van der Waals surface area contributed by atoms with Crippen molar-refractivity contribution < 1.29 is 22.6 Å². The van der Waals surface area contributed by atoms with Gasteiger partial charge in [0, 0.05) is 30.7 Å². The maximum absolute atomic E-state index is 13.7. The lowest BCUT2D eigenvalue weighted by molar-refractivity contribution is -0.0521. The molecule has 0 saturated carbocycles. The van der Waals surface area contributed by atoms with Crippen LogP contribution in [0.3, 0.4) is 0 Å². The van der Waals surface area contributed by atoms with Crippen LogP contribution >= 0.6 is 0 Å². The number of methoxy groups -OCH3 is 1. The van der Waals surface area contributed by atoms with E-state index in [1.54, 1.807) is 25.6 Å². The van der Waals surface area contributed by atoms with Gasteiger partial charge in [-0.3, -0.25) is 9.97 Å². The summed E-state index contributed by atoms with van der Waals surface area (Å²) < 4.78 is 48.0. The van der Waals surface area contributed by atoms with Crippen LogP contribution in [0, 0.1) is 11.2 Å². The summed E-state index contributed by atoms with van der Waals surface area (Å²) in [7, 11) is 1.55. The van der Waals surface area contributed by atoms with E-state index < -0.39 is 18.2 Å². The van der Waals surface area contributed by atoms with Gasteiger partial charge in [0.15, 0.2) is 11.6 Å². The highest BCUT2D eigenvalue weighted by molar-refractivity contribution is 5.85. The number of halogens is 3. The van der Waals surface area contributed by atoms with Gasteiger partial charge in [0.2, 0.25) is 0 Å². The van der Waals surface area contributed by atoms with E-state index in [1.165, 1.54) is 18.3 Å². The highest BCUT2D eigenvalue weighted by Gasteiger charge is 2.13. The average Bonchev–Trinajstić information content (AvgIpc) is 2.73. The first-order chi connectivity index (χ1) is 14.0. The lowest BCUT2D eigenvalue weighted by Crippen LogP contribution is -2.05. The van der Waals surface area contributed by atoms with E-state index in [0.717, 1.165) is 17.8 Å². The fraction of sp³-hybridized carbons (Fsp3) is 0.150. The number of hydrogen-bond donors (Lipinski definition) is 2. The number of rotatable bonds is 8. The Balaban J connectivity index is 1.88. The molecule has 1 aromatic carbocycles. The number of anilines is 1. The first kappa shape index (κ1) is 20.1. The van der Waals surface area contributed by atoms with Gasteiger partial charge < -0.3 is 20.2 Å². The van der Waals surface area contributed by atoms with Gasteiger partial charge >= 0.3 is 6.61 Å². The third-order valence-corrected chi connectivity index (χ3v) is 4.02. The van der Waals surface area contributed by atoms with Gasteiger partial charge in [0.05, 0.1) is 19.0 Å². The van der Waals surface area contributed by atoms with Gasteiger partial charge in [-0.2, -0.15) is 8.78 Å².